The first-order valence-electron chi connectivity index (χ1n) is 42.6. The molecule has 0 saturated carbocycles. The summed E-state index contributed by atoms with van der Waals surface area (Å²) in [6.07, 6.45) is 66.7. The van der Waals surface area contributed by atoms with Gasteiger partial charge in [0.2, 0.25) is 0 Å². The normalized spacial score (nSPS) is 13.8. The number of hydrogen-bond donors (Lipinski definition) is 3. The van der Waals surface area contributed by atoms with E-state index in [1.807, 2.05) is 0 Å². The number of aliphatic hydroxyl groups excluding tert-OH is 1. The first-order chi connectivity index (χ1) is 49.0. The molecule has 2 unspecified atom stereocenters. The number of hydrogen-bond acceptors (Lipinski definition) is 15. The Morgan fingerprint density at radius 3 is 0.673 bits per heavy atom. The molecule has 0 aromatic heterocycles. The topological polar surface area (TPSA) is 237 Å². The molecule has 0 saturated heterocycles. The molecule has 0 aliphatic carbocycles. The zero-order valence-electron chi connectivity index (χ0n) is 66.1. The maximum absolute atomic E-state index is 13.1. The van der Waals surface area contributed by atoms with E-state index >= 15 is 0 Å². The first-order valence-corrected chi connectivity index (χ1v) is 45.6. The Morgan fingerprint density at radius 1 is 0.267 bits per heavy atom. The van der Waals surface area contributed by atoms with E-state index in [1.165, 1.54) is 257 Å². The van der Waals surface area contributed by atoms with Crippen LogP contribution in [0.5, 0.6) is 0 Å². The highest BCUT2D eigenvalue weighted by Crippen LogP contribution is 2.45. The second-order valence-electron chi connectivity index (χ2n) is 30.0. The Morgan fingerprint density at radius 2 is 0.455 bits per heavy atom. The number of carbonyl (C=O) groups is 4. The van der Waals surface area contributed by atoms with Crippen molar-refractivity contribution >= 4 is 39.5 Å². The van der Waals surface area contributed by atoms with Gasteiger partial charge in [-0.2, -0.15) is 0 Å². The van der Waals surface area contributed by atoms with E-state index in [4.69, 9.17) is 37.0 Å². The number of phosphoric ester groups is 2. The fourth-order valence-electron chi connectivity index (χ4n) is 12.8. The number of unbranched alkanes of at least 4 members (excludes halogenated alkanes) is 54. The Kier molecular flexibility index (Phi) is 73.5. The van der Waals surface area contributed by atoms with Crippen molar-refractivity contribution in [2.75, 3.05) is 39.6 Å². The molecule has 0 amide bonds. The van der Waals surface area contributed by atoms with Gasteiger partial charge in [0.25, 0.3) is 0 Å². The molecule has 0 aliphatic rings. The smallest absolute Gasteiger partial charge is 0.462 e. The van der Waals surface area contributed by atoms with E-state index in [1.54, 1.807) is 0 Å². The van der Waals surface area contributed by atoms with Crippen molar-refractivity contribution in [3.8, 4) is 0 Å². The molecule has 3 N–H and O–H groups in total. The second kappa shape index (κ2) is 74.9. The summed E-state index contributed by atoms with van der Waals surface area (Å²) in [5.41, 5.74) is 0. The van der Waals surface area contributed by atoms with Crippen LogP contribution in [0, 0.1) is 5.92 Å². The van der Waals surface area contributed by atoms with Crippen LogP contribution >= 0.6 is 15.6 Å². The lowest BCUT2D eigenvalue weighted by Crippen LogP contribution is -2.30. The van der Waals surface area contributed by atoms with Gasteiger partial charge in [0.05, 0.1) is 26.4 Å². The molecule has 0 radical (unpaired) electrons. The molecule has 101 heavy (non-hydrogen) atoms. The molecule has 0 heterocycles. The first kappa shape index (κ1) is 99.1. The van der Waals surface area contributed by atoms with Crippen molar-refractivity contribution in [1.82, 2.24) is 0 Å². The van der Waals surface area contributed by atoms with E-state index in [-0.39, 0.29) is 25.7 Å². The minimum Gasteiger partial charge on any atom is -0.462 e. The van der Waals surface area contributed by atoms with Gasteiger partial charge in [0.15, 0.2) is 12.2 Å². The number of ether oxygens (including phenoxy) is 4. The van der Waals surface area contributed by atoms with Crippen LogP contribution in [0.1, 0.15) is 439 Å². The summed E-state index contributed by atoms with van der Waals surface area (Å²) in [5, 5.41) is 10.6. The molecule has 0 aliphatic heterocycles. The quantitative estimate of drug-likeness (QED) is 0.0222. The number of aliphatic hydroxyl groups is 1. The van der Waals surface area contributed by atoms with E-state index in [0.717, 1.165) is 96.3 Å². The van der Waals surface area contributed by atoms with Gasteiger partial charge < -0.3 is 33.8 Å². The molecular formula is C82H160O17P2. The summed E-state index contributed by atoms with van der Waals surface area (Å²) in [6, 6.07) is 0. The Balaban J connectivity index is 5.23. The minimum absolute atomic E-state index is 0.108. The third kappa shape index (κ3) is 76.1. The molecule has 0 rings (SSSR count). The van der Waals surface area contributed by atoms with Crippen molar-refractivity contribution in [3.63, 3.8) is 0 Å². The predicted octanol–water partition coefficient (Wildman–Crippen LogP) is 24.8. The number of esters is 4. The van der Waals surface area contributed by atoms with Gasteiger partial charge in [-0.1, -0.05) is 388 Å². The maximum atomic E-state index is 13.1. The van der Waals surface area contributed by atoms with E-state index < -0.39 is 97.5 Å². The lowest BCUT2D eigenvalue weighted by Gasteiger charge is -2.21. The van der Waals surface area contributed by atoms with Crippen molar-refractivity contribution in [1.29, 1.82) is 0 Å². The highest BCUT2D eigenvalue weighted by atomic mass is 31.2. The summed E-state index contributed by atoms with van der Waals surface area (Å²) in [5.74, 6) is -1.40. The van der Waals surface area contributed by atoms with Crippen molar-refractivity contribution in [3.05, 3.63) is 0 Å². The third-order valence-electron chi connectivity index (χ3n) is 19.3. The van der Waals surface area contributed by atoms with Gasteiger partial charge in [-0.25, -0.2) is 9.13 Å². The van der Waals surface area contributed by atoms with Crippen molar-refractivity contribution in [2.24, 2.45) is 5.92 Å². The van der Waals surface area contributed by atoms with Gasteiger partial charge in [-0.05, 0) is 31.6 Å². The summed E-state index contributed by atoms with van der Waals surface area (Å²) in [6.45, 7) is 7.29. The van der Waals surface area contributed by atoms with Crippen LogP contribution in [0.3, 0.4) is 0 Å². The summed E-state index contributed by atoms with van der Waals surface area (Å²) < 4.78 is 68.8. The van der Waals surface area contributed by atoms with E-state index in [2.05, 4.69) is 34.6 Å². The fourth-order valence-corrected chi connectivity index (χ4v) is 14.3. The Bertz CT molecular complexity index is 1930. The molecule has 17 nitrogen and oxygen atoms in total. The number of phosphoric acid groups is 2. The van der Waals surface area contributed by atoms with E-state index in [9.17, 15) is 43.2 Å². The number of carbonyl (C=O) groups excluding carboxylic acids is 4. The monoisotopic (exact) mass is 1480 g/mol. The van der Waals surface area contributed by atoms with Gasteiger partial charge in [0.1, 0.15) is 19.3 Å². The SMILES string of the molecule is CCCCCCCCCCCCCCCCCCCCCC(=O)O[C@H](COC(=O)CCCCCCCCCCCCCCCCCC)COP(=O)(O)OC[C@@H](O)COP(=O)(O)OC[C@@H](COC(=O)CCCCCCCCCC(C)C)OC(=O)CCCCCCCCCCCCCCCCCC. The average Bonchev–Trinajstić information content (AvgIpc) is 1.06. The average molecular weight is 1480 g/mol. The molecule has 0 bridgehead atoms. The van der Waals surface area contributed by atoms with Crippen LogP contribution in [-0.2, 0) is 65.4 Å². The molecule has 0 aromatic rings. The lowest BCUT2D eigenvalue weighted by atomic mass is 10.0. The van der Waals surface area contributed by atoms with Gasteiger partial charge >= 0.3 is 39.5 Å². The predicted molar refractivity (Wildman–Crippen MR) is 414 cm³/mol. The van der Waals surface area contributed by atoms with Gasteiger partial charge in [-0.3, -0.25) is 37.3 Å². The van der Waals surface area contributed by atoms with Crippen LogP contribution in [0.25, 0.3) is 0 Å². The number of rotatable bonds is 82. The zero-order valence-corrected chi connectivity index (χ0v) is 67.8. The Hall–Kier alpha value is -1.94. The van der Waals surface area contributed by atoms with Crippen LogP contribution in [0.4, 0.5) is 0 Å². The molecular weight excluding hydrogens is 1320 g/mol. The minimum atomic E-state index is -4.96. The zero-order chi connectivity index (χ0) is 74.1. The molecule has 19 heteroatoms. The molecule has 5 atom stereocenters. The van der Waals surface area contributed by atoms with Crippen LogP contribution < -0.4 is 0 Å². The third-order valence-corrected chi connectivity index (χ3v) is 21.2. The summed E-state index contributed by atoms with van der Waals surface area (Å²) >= 11 is 0. The fraction of sp³-hybridized carbons (Fsp3) is 0.951. The van der Waals surface area contributed by atoms with Crippen LogP contribution in [0.2, 0.25) is 0 Å². The second-order valence-corrected chi connectivity index (χ2v) is 32.9. The standard InChI is InChI=1S/C82H160O17P2/c1-6-9-12-15-18-21-24-27-30-33-34-35-38-41-44-47-52-58-63-67-81(86)98-77(71-92-79(84)65-60-55-50-45-42-39-36-31-28-25-22-19-16-13-10-7-2)73-96-100(88,89)94-69-76(83)70-95-101(90,91)97-74-78(72-93-80(85)66-61-56-53-48-49-54-59-64-75(4)5)99-82(87)68-62-57-51-46-43-40-37-32-29-26-23-20-17-14-11-8-3/h75-78,83H,6-74H2,1-5H3,(H,88,89)(H,90,91)/t76-,77-,78-/m1/s1. The van der Waals surface area contributed by atoms with Gasteiger partial charge in [0, 0.05) is 25.7 Å². The molecule has 0 spiro atoms. The highest BCUT2D eigenvalue weighted by molar-refractivity contribution is 7.47. The largest absolute Gasteiger partial charge is 0.472 e. The Labute approximate surface area is 619 Å². The molecule has 0 fully saturated rings. The molecule has 600 valence electrons. The van der Waals surface area contributed by atoms with Gasteiger partial charge in [-0.15, -0.1) is 0 Å². The van der Waals surface area contributed by atoms with E-state index in [0.29, 0.717) is 31.6 Å². The lowest BCUT2D eigenvalue weighted by molar-refractivity contribution is -0.161. The van der Waals surface area contributed by atoms with Crippen LogP contribution in [-0.4, -0.2) is 96.7 Å². The highest BCUT2D eigenvalue weighted by Gasteiger charge is 2.30. The molecule has 0 aromatic carbocycles. The van der Waals surface area contributed by atoms with Crippen molar-refractivity contribution < 1.29 is 80.2 Å². The van der Waals surface area contributed by atoms with Crippen molar-refractivity contribution in [2.45, 2.75) is 457 Å². The summed E-state index contributed by atoms with van der Waals surface area (Å²) in [4.78, 5) is 73.1. The van der Waals surface area contributed by atoms with Crippen LogP contribution in [0.15, 0.2) is 0 Å². The maximum Gasteiger partial charge on any atom is 0.472 e. The summed E-state index contributed by atoms with van der Waals surface area (Å²) in [7, 11) is -9.92.